The predicted molar refractivity (Wildman–Crippen MR) is 118 cm³/mol. The zero-order valence-corrected chi connectivity index (χ0v) is 18.6. The van der Waals surface area contributed by atoms with Gasteiger partial charge in [-0.25, -0.2) is 4.99 Å². The van der Waals surface area contributed by atoms with Gasteiger partial charge in [-0.15, -0.1) is 24.0 Å². The lowest BCUT2D eigenvalue weighted by Crippen LogP contribution is -2.54. The van der Waals surface area contributed by atoms with Crippen LogP contribution in [0.2, 0.25) is 0 Å². The van der Waals surface area contributed by atoms with Crippen molar-refractivity contribution < 1.29 is 18.4 Å². The number of aliphatic imine (C=N–C) groups is 1. The van der Waals surface area contributed by atoms with Crippen molar-refractivity contribution in [3.05, 3.63) is 48.3 Å². The fourth-order valence-corrected chi connectivity index (χ4v) is 2.90. The van der Waals surface area contributed by atoms with Crippen LogP contribution in [0, 0.1) is 0 Å². The molecule has 0 aliphatic carbocycles. The Labute approximate surface area is 186 Å². The number of hydrogen-bond donors (Lipinski definition) is 2. The van der Waals surface area contributed by atoms with Crippen molar-refractivity contribution in [2.45, 2.75) is 13.5 Å². The van der Waals surface area contributed by atoms with Crippen LogP contribution in [0.5, 0.6) is 0 Å². The van der Waals surface area contributed by atoms with Gasteiger partial charge in [0.2, 0.25) is 5.91 Å². The van der Waals surface area contributed by atoms with E-state index in [1.807, 2.05) is 6.92 Å². The van der Waals surface area contributed by atoms with Crippen molar-refractivity contribution in [1.82, 2.24) is 20.4 Å². The van der Waals surface area contributed by atoms with Crippen LogP contribution in [0.4, 0.5) is 0 Å². The van der Waals surface area contributed by atoms with Crippen LogP contribution < -0.4 is 10.6 Å². The van der Waals surface area contributed by atoms with Crippen LogP contribution in [0.3, 0.4) is 0 Å². The summed E-state index contributed by atoms with van der Waals surface area (Å²) in [5.74, 6) is 1.42. The fraction of sp³-hybridized carbons (Fsp3) is 0.421. The molecule has 0 atom stereocenters. The quantitative estimate of drug-likeness (QED) is 0.344. The summed E-state index contributed by atoms with van der Waals surface area (Å²) in [6.07, 6.45) is 3.07. The van der Waals surface area contributed by atoms with Crippen molar-refractivity contribution in [3.8, 4) is 0 Å². The molecule has 0 radical (unpaired) electrons. The van der Waals surface area contributed by atoms with Gasteiger partial charge < -0.3 is 29.3 Å². The second-order valence-corrected chi connectivity index (χ2v) is 6.28. The van der Waals surface area contributed by atoms with E-state index >= 15 is 0 Å². The molecule has 29 heavy (non-hydrogen) atoms. The second-order valence-electron chi connectivity index (χ2n) is 6.28. The molecule has 158 valence electrons. The number of hydrogen-bond acceptors (Lipinski definition) is 5. The second kappa shape index (κ2) is 11.5. The number of halogens is 1. The van der Waals surface area contributed by atoms with Gasteiger partial charge in [-0.05, 0) is 31.2 Å². The van der Waals surface area contributed by atoms with Crippen molar-refractivity contribution in [2.75, 3.05) is 39.3 Å². The largest absolute Gasteiger partial charge is 0.467 e. The lowest BCUT2D eigenvalue weighted by Gasteiger charge is -2.36. The first kappa shape index (κ1) is 22.8. The molecular formula is C19H26IN5O4. The number of guanidine groups is 1. The number of furan rings is 2. The first-order valence-corrected chi connectivity index (χ1v) is 9.32. The molecule has 0 bridgehead atoms. The fourth-order valence-electron chi connectivity index (χ4n) is 2.90. The molecule has 1 fully saturated rings. The van der Waals surface area contributed by atoms with Crippen molar-refractivity contribution in [2.24, 2.45) is 4.99 Å². The molecule has 2 aromatic heterocycles. The summed E-state index contributed by atoms with van der Waals surface area (Å²) in [6.45, 7) is 5.42. The highest BCUT2D eigenvalue weighted by atomic mass is 127. The van der Waals surface area contributed by atoms with E-state index in [4.69, 9.17) is 8.83 Å². The molecule has 10 heteroatoms. The van der Waals surface area contributed by atoms with Crippen LogP contribution in [0.15, 0.2) is 50.6 Å². The number of nitrogens with zero attached hydrogens (tertiary/aromatic N) is 3. The Kier molecular flexibility index (Phi) is 9.03. The van der Waals surface area contributed by atoms with E-state index in [2.05, 4.69) is 20.5 Å². The summed E-state index contributed by atoms with van der Waals surface area (Å²) in [6, 6.07) is 6.95. The number of piperazine rings is 1. The number of nitrogens with one attached hydrogen (secondary N) is 2. The average Bonchev–Trinajstić information content (AvgIpc) is 3.43. The number of rotatable bonds is 6. The minimum Gasteiger partial charge on any atom is -0.467 e. The van der Waals surface area contributed by atoms with E-state index < -0.39 is 0 Å². The Bertz CT molecular complexity index is 784. The summed E-state index contributed by atoms with van der Waals surface area (Å²) in [4.78, 5) is 32.6. The van der Waals surface area contributed by atoms with Crippen molar-refractivity contribution in [1.29, 1.82) is 0 Å². The highest BCUT2D eigenvalue weighted by Gasteiger charge is 2.25. The van der Waals surface area contributed by atoms with E-state index in [-0.39, 0.29) is 42.3 Å². The highest BCUT2D eigenvalue weighted by Crippen LogP contribution is 2.09. The van der Waals surface area contributed by atoms with Crippen LogP contribution in [-0.4, -0.2) is 66.8 Å². The van der Waals surface area contributed by atoms with Crippen molar-refractivity contribution in [3.63, 3.8) is 0 Å². The molecule has 9 nitrogen and oxygen atoms in total. The van der Waals surface area contributed by atoms with Gasteiger partial charge in [-0.1, -0.05) is 0 Å². The van der Waals surface area contributed by atoms with Crippen LogP contribution in [0.25, 0.3) is 0 Å². The number of amides is 2. The minimum absolute atomic E-state index is 0. The predicted octanol–water partition coefficient (Wildman–Crippen LogP) is 1.53. The third kappa shape index (κ3) is 6.51. The average molecular weight is 515 g/mol. The Hall–Kier alpha value is -2.50. The van der Waals surface area contributed by atoms with Gasteiger partial charge >= 0.3 is 0 Å². The molecule has 2 amide bonds. The summed E-state index contributed by atoms with van der Waals surface area (Å²) in [5, 5.41) is 5.98. The normalized spacial score (nSPS) is 14.3. The van der Waals surface area contributed by atoms with Gasteiger partial charge in [0.25, 0.3) is 5.91 Å². The van der Waals surface area contributed by atoms with Crippen LogP contribution in [0.1, 0.15) is 23.2 Å². The lowest BCUT2D eigenvalue weighted by atomic mass is 10.3. The molecule has 3 heterocycles. The van der Waals surface area contributed by atoms with E-state index in [1.54, 1.807) is 35.4 Å². The maximum absolute atomic E-state index is 12.4. The first-order valence-electron chi connectivity index (χ1n) is 9.32. The summed E-state index contributed by atoms with van der Waals surface area (Å²) in [5.41, 5.74) is 0. The molecule has 0 unspecified atom stereocenters. The Morgan fingerprint density at radius 2 is 1.72 bits per heavy atom. The van der Waals surface area contributed by atoms with Gasteiger partial charge in [0, 0.05) is 32.7 Å². The number of carbonyl (C=O) groups excluding carboxylic acids is 2. The third-order valence-electron chi connectivity index (χ3n) is 4.35. The summed E-state index contributed by atoms with van der Waals surface area (Å²) in [7, 11) is 0. The molecule has 2 N–H and O–H groups in total. The van der Waals surface area contributed by atoms with Crippen LogP contribution >= 0.6 is 24.0 Å². The molecule has 0 saturated carbocycles. The maximum atomic E-state index is 12.4. The topological polar surface area (TPSA) is 103 Å². The molecule has 2 aromatic rings. The lowest BCUT2D eigenvalue weighted by molar-refractivity contribution is -0.119. The van der Waals surface area contributed by atoms with Gasteiger partial charge in [0.1, 0.15) is 12.3 Å². The Morgan fingerprint density at radius 3 is 2.34 bits per heavy atom. The first-order chi connectivity index (χ1) is 13.7. The van der Waals surface area contributed by atoms with Gasteiger partial charge in [0.15, 0.2) is 11.7 Å². The Balaban J connectivity index is 0.00000300. The van der Waals surface area contributed by atoms with Gasteiger partial charge in [-0.3, -0.25) is 9.59 Å². The third-order valence-corrected chi connectivity index (χ3v) is 4.35. The summed E-state index contributed by atoms with van der Waals surface area (Å²) >= 11 is 0. The molecule has 0 aromatic carbocycles. The smallest absolute Gasteiger partial charge is 0.289 e. The zero-order valence-electron chi connectivity index (χ0n) is 16.3. The molecular weight excluding hydrogens is 489 g/mol. The van der Waals surface area contributed by atoms with Crippen LogP contribution in [-0.2, 0) is 11.3 Å². The van der Waals surface area contributed by atoms with E-state index in [0.717, 1.165) is 0 Å². The van der Waals surface area contributed by atoms with E-state index in [0.29, 0.717) is 56.7 Å². The highest BCUT2D eigenvalue weighted by molar-refractivity contribution is 14.0. The molecule has 0 spiro atoms. The monoisotopic (exact) mass is 515 g/mol. The Morgan fingerprint density at radius 1 is 1.03 bits per heavy atom. The maximum Gasteiger partial charge on any atom is 0.289 e. The van der Waals surface area contributed by atoms with Crippen molar-refractivity contribution >= 4 is 41.8 Å². The molecule has 3 rings (SSSR count). The number of carbonyl (C=O) groups is 2. The minimum atomic E-state index is -0.182. The zero-order chi connectivity index (χ0) is 19.8. The molecule has 1 aliphatic heterocycles. The standard InChI is InChI=1S/C19H25N5O4.HI/c1-2-20-19(22-14-17(25)21-13-15-5-3-11-27-15)24-9-7-23(8-10-24)18(26)16-6-4-12-28-16;/h3-6,11-12H,2,7-10,13-14H2,1H3,(H,20,22)(H,21,25);1H. The van der Waals surface area contributed by atoms with E-state index in [1.165, 1.54) is 6.26 Å². The van der Waals surface area contributed by atoms with E-state index in [9.17, 15) is 9.59 Å². The molecule has 1 aliphatic rings. The van der Waals surface area contributed by atoms with Gasteiger partial charge in [0.05, 0.1) is 19.1 Å². The van der Waals surface area contributed by atoms with Gasteiger partial charge in [-0.2, -0.15) is 0 Å². The molecule has 1 saturated heterocycles. The summed E-state index contributed by atoms with van der Waals surface area (Å²) < 4.78 is 10.4. The SMILES string of the molecule is CCNC(=NCC(=O)NCc1ccco1)N1CCN(C(=O)c2ccco2)CC1.I.